The number of rotatable bonds is 5. The predicted molar refractivity (Wildman–Crippen MR) is 96.5 cm³/mol. The number of para-hydroxylation sites is 1. The van der Waals surface area contributed by atoms with Gasteiger partial charge >= 0.3 is 0 Å². The fraction of sp³-hybridized carbons (Fsp3) is 0.111. The van der Waals surface area contributed by atoms with Gasteiger partial charge in [-0.15, -0.1) is 11.3 Å². The molecule has 0 spiro atoms. The lowest BCUT2D eigenvalue weighted by molar-refractivity contribution is 0.416. The molecular weight excluding hydrogens is 306 g/mol. The Labute approximate surface area is 139 Å². The van der Waals surface area contributed by atoms with Crippen molar-refractivity contribution in [2.75, 3.05) is 12.5 Å². The molecule has 1 N–H and O–H groups in total. The van der Waals surface area contributed by atoms with Crippen molar-refractivity contribution in [3.63, 3.8) is 0 Å². The Morgan fingerprint density at radius 2 is 1.91 bits per heavy atom. The smallest absolute Gasteiger partial charge is 0.203 e. The highest BCUT2D eigenvalue weighted by molar-refractivity contribution is 7.14. The Bertz CT molecular complexity index is 809. The lowest BCUT2D eigenvalue weighted by Gasteiger charge is -2.04. The topological polar surface area (TPSA) is 46.5 Å². The summed E-state index contributed by atoms with van der Waals surface area (Å²) in [4.78, 5) is 4.55. The molecule has 116 valence electrons. The van der Waals surface area contributed by atoms with Crippen molar-refractivity contribution in [3.05, 3.63) is 65.0 Å². The van der Waals surface area contributed by atoms with E-state index in [1.54, 1.807) is 13.3 Å². The van der Waals surface area contributed by atoms with Gasteiger partial charge in [-0.1, -0.05) is 42.0 Å². The number of hydrogen-bond acceptors (Lipinski definition) is 5. The number of thiazole rings is 1. The van der Waals surface area contributed by atoms with Gasteiger partial charge in [0.2, 0.25) is 5.13 Å². The quantitative estimate of drug-likeness (QED) is 0.552. The van der Waals surface area contributed by atoms with Crippen molar-refractivity contribution < 1.29 is 4.74 Å². The molecule has 0 fully saturated rings. The summed E-state index contributed by atoms with van der Waals surface area (Å²) in [5.41, 5.74) is 7.10. The average Bonchev–Trinajstić information content (AvgIpc) is 3.05. The minimum absolute atomic E-state index is 0.745. The molecule has 0 atom stereocenters. The molecule has 2 aromatic carbocycles. The van der Waals surface area contributed by atoms with Gasteiger partial charge in [-0.05, 0) is 24.6 Å². The monoisotopic (exact) mass is 323 g/mol. The van der Waals surface area contributed by atoms with Crippen molar-refractivity contribution in [2.45, 2.75) is 6.92 Å². The van der Waals surface area contributed by atoms with Crippen LogP contribution in [0.1, 0.15) is 11.1 Å². The standard InChI is InChI=1S/C18H17N3OS/c1-13-7-9-14(10-8-13)11-19-21-18-20-16(12-23-18)15-5-3-4-6-17(15)22-2/h3-12H,1-2H3,(H,20,21)/b19-11-. The minimum atomic E-state index is 0.745. The SMILES string of the molecule is COc1ccccc1-c1csc(N/N=C\c2ccc(C)cc2)n1. The van der Waals surface area contributed by atoms with Crippen LogP contribution in [0.15, 0.2) is 59.0 Å². The van der Waals surface area contributed by atoms with Crippen molar-refractivity contribution in [1.82, 2.24) is 4.98 Å². The zero-order valence-electron chi connectivity index (χ0n) is 13.0. The van der Waals surface area contributed by atoms with Crippen LogP contribution in [0.2, 0.25) is 0 Å². The summed E-state index contributed by atoms with van der Waals surface area (Å²) in [6.45, 7) is 2.06. The highest BCUT2D eigenvalue weighted by Gasteiger charge is 2.08. The van der Waals surface area contributed by atoms with E-state index in [-0.39, 0.29) is 0 Å². The van der Waals surface area contributed by atoms with Gasteiger partial charge in [0, 0.05) is 10.9 Å². The predicted octanol–water partition coefficient (Wildman–Crippen LogP) is 4.57. The zero-order valence-corrected chi connectivity index (χ0v) is 13.8. The maximum atomic E-state index is 5.37. The summed E-state index contributed by atoms with van der Waals surface area (Å²) >= 11 is 1.51. The normalized spacial score (nSPS) is 10.9. The third-order valence-electron chi connectivity index (χ3n) is 3.34. The number of anilines is 1. The first kappa shape index (κ1) is 15.2. The molecule has 4 nitrogen and oxygen atoms in total. The summed E-state index contributed by atoms with van der Waals surface area (Å²) < 4.78 is 5.37. The van der Waals surface area contributed by atoms with Crippen LogP contribution in [0.25, 0.3) is 11.3 Å². The Kier molecular flexibility index (Phi) is 4.68. The van der Waals surface area contributed by atoms with Crippen LogP contribution in [0.5, 0.6) is 5.75 Å². The van der Waals surface area contributed by atoms with Gasteiger partial charge in [-0.3, -0.25) is 5.43 Å². The molecule has 3 rings (SSSR count). The molecule has 0 unspecified atom stereocenters. The number of hydrazone groups is 1. The lowest BCUT2D eigenvalue weighted by atomic mass is 10.1. The third kappa shape index (κ3) is 3.76. The summed E-state index contributed by atoms with van der Waals surface area (Å²) in [5, 5.41) is 6.97. The molecule has 23 heavy (non-hydrogen) atoms. The van der Waals surface area contributed by atoms with Gasteiger partial charge in [0.25, 0.3) is 0 Å². The van der Waals surface area contributed by atoms with Crippen LogP contribution in [0, 0.1) is 6.92 Å². The Morgan fingerprint density at radius 3 is 2.70 bits per heavy atom. The van der Waals surface area contributed by atoms with Crippen molar-refractivity contribution in [2.24, 2.45) is 5.10 Å². The number of aryl methyl sites for hydroxylation is 1. The highest BCUT2D eigenvalue weighted by Crippen LogP contribution is 2.31. The molecule has 0 aliphatic carbocycles. The van der Waals surface area contributed by atoms with Gasteiger partial charge in [-0.2, -0.15) is 5.10 Å². The largest absolute Gasteiger partial charge is 0.496 e. The molecule has 0 aliphatic heterocycles. The second kappa shape index (κ2) is 7.07. The van der Waals surface area contributed by atoms with Crippen LogP contribution in [0.3, 0.4) is 0 Å². The zero-order chi connectivity index (χ0) is 16.1. The van der Waals surface area contributed by atoms with Gasteiger partial charge in [-0.25, -0.2) is 4.98 Å². The summed E-state index contributed by atoms with van der Waals surface area (Å²) in [7, 11) is 1.66. The van der Waals surface area contributed by atoms with Crippen molar-refractivity contribution >= 4 is 22.7 Å². The number of aromatic nitrogens is 1. The Balaban J connectivity index is 1.71. The number of nitrogens with zero attached hydrogens (tertiary/aromatic N) is 2. The van der Waals surface area contributed by atoms with E-state index in [1.807, 2.05) is 41.8 Å². The van der Waals surface area contributed by atoms with Crippen LogP contribution < -0.4 is 10.2 Å². The fourth-order valence-electron chi connectivity index (χ4n) is 2.12. The van der Waals surface area contributed by atoms with E-state index in [0.717, 1.165) is 27.7 Å². The van der Waals surface area contributed by atoms with E-state index < -0.39 is 0 Å². The van der Waals surface area contributed by atoms with Gasteiger partial charge < -0.3 is 4.74 Å². The van der Waals surface area contributed by atoms with Crippen LogP contribution >= 0.6 is 11.3 Å². The van der Waals surface area contributed by atoms with Crippen LogP contribution in [-0.4, -0.2) is 18.3 Å². The van der Waals surface area contributed by atoms with E-state index in [0.29, 0.717) is 0 Å². The number of hydrogen-bond donors (Lipinski definition) is 1. The second-order valence-corrected chi connectivity index (χ2v) is 5.88. The van der Waals surface area contributed by atoms with E-state index >= 15 is 0 Å². The van der Waals surface area contributed by atoms with E-state index in [1.165, 1.54) is 16.9 Å². The second-order valence-electron chi connectivity index (χ2n) is 5.02. The van der Waals surface area contributed by atoms with Crippen LogP contribution in [-0.2, 0) is 0 Å². The maximum absolute atomic E-state index is 5.37. The van der Waals surface area contributed by atoms with E-state index in [2.05, 4.69) is 34.6 Å². The average molecular weight is 323 g/mol. The Morgan fingerprint density at radius 1 is 1.13 bits per heavy atom. The molecule has 5 heteroatoms. The first-order chi connectivity index (χ1) is 11.3. The molecule has 1 heterocycles. The summed E-state index contributed by atoms with van der Waals surface area (Å²) in [6.07, 6.45) is 1.78. The molecule has 0 aliphatic rings. The van der Waals surface area contributed by atoms with E-state index in [4.69, 9.17) is 4.74 Å². The number of ether oxygens (including phenoxy) is 1. The number of methoxy groups -OCH3 is 1. The molecule has 0 saturated carbocycles. The first-order valence-corrected chi connectivity index (χ1v) is 8.09. The highest BCUT2D eigenvalue weighted by atomic mass is 32.1. The van der Waals surface area contributed by atoms with Gasteiger partial charge in [0.15, 0.2) is 0 Å². The molecule has 0 amide bonds. The fourth-order valence-corrected chi connectivity index (χ4v) is 2.78. The molecule has 1 aromatic heterocycles. The molecule has 0 bridgehead atoms. The lowest BCUT2D eigenvalue weighted by Crippen LogP contribution is -1.91. The van der Waals surface area contributed by atoms with Crippen molar-refractivity contribution in [1.29, 1.82) is 0 Å². The van der Waals surface area contributed by atoms with Gasteiger partial charge in [0.1, 0.15) is 5.75 Å². The Hall–Kier alpha value is -2.66. The van der Waals surface area contributed by atoms with Crippen LogP contribution in [0.4, 0.5) is 5.13 Å². The minimum Gasteiger partial charge on any atom is -0.496 e. The number of benzene rings is 2. The first-order valence-electron chi connectivity index (χ1n) is 7.21. The number of nitrogens with one attached hydrogen (secondary N) is 1. The maximum Gasteiger partial charge on any atom is 0.203 e. The third-order valence-corrected chi connectivity index (χ3v) is 4.09. The summed E-state index contributed by atoms with van der Waals surface area (Å²) in [6, 6.07) is 16.0. The molecule has 0 saturated heterocycles. The van der Waals surface area contributed by atoms with E-state index in [9.17, 15) is 0 Å². The van der Waals surface area contributed by atoms with Gasteiger partial charge in [0.05, 0.1) is 19.0 Å². The summed E-state index contributed by atoms with van der Waals surface area (Å²) in [5.74, 6) is 0.813. The molecule has 3 aromatic rings. The molecular formula is C18H17N3OS. The molecule has 0 radical (unpaired) electrons. The van der Waals surface area contributed by atoms with Crippen molar-refractivity contribution in [3.8, 4) is 17.0 Å².